The summed E-state index contributed by atoms with van der Waals surface area (Å²) >= 11 is 0. The molecule has 0 aliphatic carbocycles. The maximum absolute atomic E-state index is 13.0. The zero-order chi connectivity index (χ0) is 10.9. The van der Waals surface area contributed by atoms with Crippen LogP contribution in [0.15, 0.2) is 12.1 Å². The highest BCUT2D eigenvalue weighted by molar-refractivity contribution is 5.90. The summed E-state index contributed by atoms with van der Waals surface area (Å²) in [5.41, 5.74) is -0.954. The average Bonchev–Trinajstić information content (AvgIpc) is 2.01. The van der Waals surface area contributed by atoms with E-state index in [9.17, 15) is 19.3 Å². The zero-order valence-electron chi connectivity index (χ0n) is 7.15. The lowest BCUT2D eigenvalue weighted by atomic mass is 10.1. The number of nitro groups is 1. The quantitative estimate of drug-likeness (QED) is 0.581. The number of hydrogen-bond donors (Lipinski definition) is 1. The number of nitrogens with zero attached hydrogens (tertiary/aromatic N) is 1. The van der Waals surface area contributed by atoms with Crippen LogP contribution in [0, 0.1) is 22.9 Å². The normalized spacial score (nSPS) is 9.86. The van der Waals surface area contributed by atoms with Crippen molar-refractivity contribution in [1.29, 1.82) is 0 Å². The Bertz CT molecular complexity index is 393. The van der Waals surface area contributed by atoms with Crippen LogP contribution in [0.2, 0.25) is 0 Å². The Morgan fingerprint density at radius 2 is 2.14 bits per heavy atom. The first-order chi connectivity index (χ1) is 6.43. The van der Waals surface area contributed by atoms with Crippen LogP contribution in [-0.2, 0) is 0 Å². The third-order valence-electron chi connectivity index (χ3n) is 1.70. The van der Waals surface area contributed by atoms with Gasteiger partial charge in [-0.05, 0) is 12.5 Å². The Hall–Kier alpha value is -1.98. The highest BCUT2D eigenvalue weighted by Gasteiger charge is 2.18. The van der Waals surface area contributed by atoms with Crippen molar-refractivity contribution in [2.45, 2.75) is 6.92 Å². The SMILES string of the molecule is Cc1cc([N+](=O)[O-])cc(F)c1C(=O)O. The summed E-state index contributed by atoms with van der Waals surface area (Å²) in [5, 5.41) is 18.8. The molecule has 5 nitrogen and oxygen atoms in total. The highest BCUT2D eigenvalue weighted by Crippen LogP contribution is 2.20. The maximum Gasteiger partial charge on any atom is 0.338 e. The van der Waals surface area contributed by atoms with E-state index in [0.717, 1.165) is 6.07 Å². The van der Waals surface area contributed by atoms with Gasteiger partial charge in [0.15, 0.2) is 0 Å². The van der Waals surface area contributed by atoms with Crippen molar-refractivity contribution >= 4 is 11.7 Å². The lowest BCUT2D eigenvalue weighted by Crippen LogP contribution is -2.04. The number of carboxylic acids is 1. The molecular weight excluding hydrogens is 193 g/mol. The number of non-ortho nitro benzene ring substituents is 1. The minimum absolute atomic E-state index is 0.0317. The molecule has 0 bridgehead atoms. The molecule has 1 aromatic rings. The molecule has 14 heavy (non-hydrogen) atoms. The Balaban J connectivity index is 3.39. The third-order valence-corrected chi connectivity index (χ3v) is 1.70. The van der Waals surface area contributed by atoms with E-state index >= 15 is 0 Å². The summed E-state index contributed by atoms with van der Waals surface area (Å²) in [6, 6.07) is 1.61. The topological polar surface area (TPSA) is 80.4 Å². The fourth-order valence-corrected chi connectivity index (χ4v) is 1.10. The van der Waals surface area contributed by atoms with E-state index in [4.69, 9.17) is 5.11 Å². The van der Waals surface area contributed by atoms with Gasteiger partial charge in [0, 0.05) is 6.07 Å². The minimum atomic E-state index is -1.44. The van der Waals surface area contributed by atoms with Gasteiger partial charge in [0.25, 0.3) is 5.69 Å². The van der Waals surface area contributed by atoms with Crippen molar-refractivity contribution in [3.05, 3.63) is 39.2 Å². The van der Waals surface area contributed by atoms with Gasteiger partial charge in [-0.2, -0.15) is 0 Å². The van der Waals surface area contributed by atoms with Crippen LogP contribution in [0.1, 0.15) is 15.9 Å². The molecule has 0 atom stereocenters. The van der Waals surface area contributed by atoms with Gasteiger partial charge >= 0.3 is 5.97 Å². The standard InChI is InChI=1S/C8H6FNO4/c1-4-2-5(10(13)14)3-6(9)7(4)8(11)12/h2-3H,1H3,(H,11,12). The predicted octanol–water partition coefficient (Wildman–Crippen LogP) is 1.74. The number of rotatable bonds is 2. The molecule has 0 radical (unpaired) electrons. The maximum atomic E-state index is 13.0. The summed E-state index contributed by atoms with van der Waals surface area (Å²) in [5.74, 6) is -2.53. The minimum Gasteiger partial charge on any atom is -0.478 e. The van der Waals surface area contributed by atoms with Gasteiger partial charge in [-0.1, -0.05) is 0 Å². The molecule has 74 valence electrons. The number of aryl methyl sites for hydroxylation is 1. The molecule has 0 amide bonds. The molecule has 0 aliphatic heterocycles. The number of carboxylic acid groups (broad SMARTS) is 1. The summed E-state index contributed by atoms with van der Waals surface area (Å²) in [6.45, 7) is 1.31. The van der Waals surface area contributed by atoms with Crippen LogP contribution in [-0.4, -0.2) is 16.0 Å². The van der Waals surface area contributed by atoms with Gasteiger partial charge in [0.05, 0.1) is 16.6 Å². The second-order valence-corrected chi connectivity index (χ2v) is 2.68. The lowest BCUT2D eigenvalue weighted by Gasteiger charge is -2.01. The second-order valence-electron chi connectivity index (χ2n) is 2.68. The largest absolute Gasteiger partial charge is 0.478 e. The first kappa shape index (κ1) is 10.1. The van der Waals surface area contributed by atoms with Crippen molar-refractivity contribution in [2.24, 2.45) is 0 Å². The molecule has 0 heterocycles. The number of halogens is 1. The Labute approximate surface area is 77.9 Å². The van der Waals surface area contributed by atoms with Crippen molar-refractivity contribution in [3.63, 3.8) is 0 Å². The van der Waals surface area contributed by atoms with Gasteiger partial charge < -0.3 is 5.11 Å². The molecule has 0 saturated carbocycles. The van der Waals surface area contributed by atoms with Gasteiger partial charge in [0.2, 0.25) is 0 Å². The molecule has 0 spiro atoms. The van der Waals surface area contributed by atoms with E-state index in [2.05, 4.69) is 0 Å². The molecule has 1 rings (SSSR count). The van der Waals surface area contributed by atoms with Crippen LogP contribution >= 0.6 is 0 Å². The smallest absolute Gasteiger partial charge is 0.338 e. The fourth-order valence-electron chi connectivity index (χ4n) is 1.10. The van der Waals surface area contributed by atoms with Gasteiger partial charge in [-0.3, -0.25) is 10.1 Å². The van der Waals surface area contributed by atoms with Crippen LogP contribution in [0.25, 0.3) is 0 Å². The molecule has 0 aliphatic rings. The van der Waals surface area contributed by atoms with E-state index < -0.39 is 28.0 Å². The monoisotopic (exact) mass is 199 g/mol. The Kier molecular flexibility index (Phi) is 2.46. The van der Waals surface area contributed by atoms with Crippen molar-refractivity contribution in [3.8, 4) is 0 Å². The molecule has 0 unspecified atom stereocenters. The van der Waals surface area contributed by atoms with Gasteiger partial charge in [-0.25, -0.2) is 9.18 Å². The molecule has 6 heteroatoms. The van der Waals surface area contributed by atoms with E-state index in [0.29, 0.717) is 6.07 Å². The number of hydrogen-bond acceptors (Lipinski definition) is 3. The van der Waals surface area contributed by atoms with Crippen LogP contribution in [0.4, 0.5) is 10.1 Å². The first-order valence-electron chi connectivity index (χ1n) is 3.61. The lowest BCUT2D eigenvalue weighted by molar-refractivity contribution is -0.385. The van der Waals surface area contributed by atoms with E-state index in [-0.39, 0.29) is 5.56 Å². The van der Waals surface area contributed by atoms with Crippen LogP contribution < -0.4 is 0 Å². The Morgan fingerprint density at radius 1 is 1.57 bits per heavy atom. The summed E-state index contributed by atoms with van der Waals surface area (Å²) in [7, 11) is 0. The Morgan fingerprint density at radius 3 is 2.50 bits per heavy atom. The molecule has 0 aromatic heterocycles. The number of nitro benzene ring substituents is 1. The summed E-state index contributed by atoms with van der Waals surface area (Å²) < 4.78 is 13.0. The third kappa shape index (κ3) is 1.68. The summed E-state index contributed by atoms with van der Waals surface area (Å²) in [4.78, 5) is 20.0. The molecular formula is C8H6FNO4. The fraction of sp³-hybridized carbons (Fsp3) is 0.125. The molecule has 0 fully saturated rings. The second kappa shape index (κ2) is 3.41. The zero-order valence-corrected chi connectivity index (χ0v) is 7.15. The van der Waals surface area contributed by atoms with Crippen molar-refractivity contribution < 1.29 is 19.2 Å². The molecule has 1 aromatic carbocycles. The average molecular weight is 199 g/mol. The van der Waals surface area contributed by atoms with E-state index in [1.165, 1.54) is 6.92 Å². The first-order valence-corrected chi connectivity index (χ1v) is 3.61. The van der Waals surface area contributed by atoms with Crippen LogP contribution in [0.3, 0.4) is 0 Å². The van der Waals surface area contributed by atoms with Crippen molar-refractivity contribution in [1.82, 2.24) is 0 Å². The van der Waals surface area contributed by atoms with Gasteiger partial charge in [-0.15, -0.1) is 0 Å². The summed E-state index contributed by atoms with van der Waals surface area (Å²) in [6.07, 6.45) is 0. The van der Waals surface area contributed by atoms with Crippen LogP contribution in [0.5, 0.6) is 0 Å². The molecule has 1 N–H and O–H groups in total. The molecule has 0 saturated heterocycles. The van der Waals surface area contributed by atoms with E-state index in [1.54, 1.807) is 0 Å². The number of benzene rings is 1. The highest BCUT2D eigenvalue weighted by atomic mass is 19.1. The number of aromatic carboxylic acids is 1. The van der Waals surface area contributed by atoms with Gasteiger partial charge in [0.1, 0.15) is 5.82 Å². The van der Waals surface area contributed by atoms with E-state index in [1.807, 2.05) is 0 Å². The van der Waals surface area contributed by atoms with Crippen molar-refractivity contribution in [2.75, 3.05) is 0 Å². The predicted molar refractivity (Wildman–Crippen MR) is 44.8 cm³/mol. The number of carbonyl (C=O) groups is 1.